The molecule has 0 saturated heterocycles. The summed E-state index contributed by atoms with van der Waals surface area (Å²) in [4.78, 5) is 0. The fourth-order valence-electron chi connectivity index (χ4n) is 0.828. The number of methoxy groups -OCH3 is 1. The second-order valence-corrected chi connectivity index (χ2v) is 2.12. The molecule has 0 heterocycles. The summed E-state index contributed by atoms with van der Waals surface area (Å²) in [6.07, 6.45) is 8.50. The molecule has 0 aromatic rings. The summed E-state index contributed by atoms with van der Waals surface area (Å²) >= 11 is 0. The van der Waals surface area contributed by atoms with Crippen molar-refractivity contribution < 1.29 is 26.5 Å². The van der Waals surface area contributed by atoms with E-state index in [9.17, 15) is 0 Å². The van der Waals surface area contributed by atoms with Gasteiger partial charge in [-0.1, -0.05) is 0 Å². The van der Waals surface area contributed by atoms with Crippen molar-refractivity contribution in [3.8, 4) is 0 Å². The summed E-state index contributed by atoms with van der Waals surface area (Å²) < 4.78 is 5.08. The predicted octanol–water partition coefficient (Wildman–Crippen LogP) is 2.55. The third kappa shape index (κ3) is 5.39. The van der Waals surface area contributed by atoms with E-state index in [-0.39, 0.29) is 52.6 Å². The normalized spacial score (nSPS) is 15.0. The zero-order valence-electron chi connectivity index (χ0n) is 7.16. The van der Waals surface area contributed by atoms with E-state index in [1.807, 2.05) is 6.92 Å². The molecule has 70 valence electrons. The quantitative estimate of drug-likeness (QED) is 0.535. The van der Waals surface area contributed by atoms with E-state index in [2.05, 4.69) is 18.2 Å². The van der Waals surface area contributed by atoms with Gasteiger partial charge in [-0.05, 0) is 6.92 Å². The van der Waals surface area contributed by atoms with Crippen molar-refractivity contribution in [1.82, 2.24) is 0 Å². The Morgan fingerprint density at radius 1 is 1.50 bits per heavy atom. The summed E-state index contributed by atoms with van der Waals surface area (Å²) in [5.41, 5.74) is 1.18. The van der Waals surface area contributed by atoms with E-state index in [0.29, 0.717) is 0 Å². The summed E-state index contributed by atoms with van der Waals surface area (Å²) in [5.74, 6) is 0. The van der Waals surface area contributed by atoms with Gasteiger partial charge < -0.3 is 4.74 Å². The van der Waals surface area contributed by atoms with Gasteiger partial charge >= 0.3 is 0 Å². The third-order valence-electron chi connectivity index (χ3n) is 1.51. The first-order valence-electron chi connectivity index (χ1n) is 3.14. The van der Waals surface area contributed by atoms with Crippen LogP contribution in [0.15, 0.2) is 17.7 Å². The van der Waals surface area contributed by atoms with Crippen LogP contribution in [0.1, 0.15) is 13.3 Å². The maximum absolute atomic E-state index is 5.08. The minimum Gasteiger partial charge on any atom is -0.380 e. The molecule has 1 aliphatic carbocycles. The van der Waals surface area contributed by atoms with Gasteiger partial charge in [0, 0.05) is 34.9 Å². The van der Waals surface area contributed by atoms with Crippen molar-refractivity contribution in [3.63, 3.8) is 0 Å². The molecular formula is C8H13Cl2OTi-. The first-order valence-corrected chi connectivity index (χ1v) is 3.14. The number of allylic oxidation sites excluding steroid dienone is 2. The molecule has 0 aromatic carbocycles. The van der Waals surface area contributed by atoms with Gasteiger partial charge in [-0.2, -0.15) is 11.6 Å². The number of hydrogen-bond donors (Lipinski definition) is 0. The first-order chi connectivity index (χ1) is 4.34. The molecule has 0 aliphatic heterocycles. The van der Waals surface area contributed by atoms with Gasteiger partial charge in [-0.3, -0.25) is 6.08 Å². The van der Waals surface area contributed by atoms with Crippen LogP contribution in [-0.2, 0) is 26.5 Å². The maximum atomic E-state index is 5.08. The van der Waals surface area contributed by atoms with E-state index < -0.39 is 0 Å². The van der Waals surface area contributed by atoms with Crippen LogP contribution in [0.4, 0.5) is 0 Å². The zero-order valence-corrected chi connectivity index (χ0v) is 10.4. The molecule has 0 saturated carbocycles. The summed E-state index contributed by atoms with van der Waals surface area (Å²) in [6, 6.07) is 0. The van der Waals surface area contributed by atoms with E-state index >= 15 is 0 Å². The average Bonchev–Trinajstić information content (AvgIpc) is 2.37. The molecule has 0 aromatic heterocycles. The van der Waals surface area contributed by atoms with Crippen molar-refractivity contribution in [2.45, 2.75) is 19.4 Å². The Bertz CT molecular complexity index is 157. The monoisotopic (exact) mass is 243 g/mol. The predicted molar refractivity (Wildman–Crippen MR) is 51.5 cm³/mol. The molecule has 0 spiro atoms. The Morgan fingerprint density at radius 3 is 2.42 bits per heavy atom. The van der Waals surface area contributed by atoms with Crippen molar-refractivity contribution in [2.75, 3.05) is 7.11 Å². The van der Waals surface area contributed by atoms with E-state index in [4.69, 9.17) is 4.74 Å². The van der Waals surface area contributed by atoms with Crippen LogP contribution in [-0.4, -0.2) is 13.2 Å². The number of hydrogen-bond acceptors (Lipinski definition) is 1. The number of halogens is 2. The van der Waals surface area contributed by atoms with Crippen LogP contribution < -0.4 is 0 Å². The average molecular weight is 244 g/mol. The van der Waals surface area contributed by atoms with Crippen LogP contribution in [0.2, 0.25) is 0 Å². The summed E-state index contributed by atoms with van der Waals surface area (Å²) in [7, 11) is 1.71. The maximum Gasteiger partial charge on any atom is 0.0463 e. The van der Waals surface area contributed by atoms with Crippen molar-refractivity contribution in [1.29, 1.82) is 0 Å². The molecule has 1 rings (SSSR count). The minimum atomic E-state index is 0. The molecule has 1 atom stereocenters. The van der Waals surface area contributed by atoms with Crippen LogP contribution in [0.5, 0.6) is 0 Å². The SMILES string of the molecule is COC(C)C1=[C-]CC=C1.Cl.Cl.[Ti]. The van der Waals surface area contributed by atoms with Gasteiger partial charge in [0.05, 0.1) is 0 Å². The summed E-state index contributed by atoms with van der Waals surface area (Å²) in [5, 5.41) is 0. The third-order valence-corrected chi connectivity index (χ3v) is 1.51. The Balaban J connectivity index is -0.000000270. The van der Waals surface area contributed by atoms with Gasteiger partial charge in [-0.25, -0.2) is 6.08 Å². The Hall–Kier alpha value is 0.734. The van der Waals surface area contributed by atoms with Crippen LogP contribution >= 0.6 is 24.8 Å². The first kappa shape index (κ1) is 18.5. The second-order valence-electron chi connectivity index (χ2n) is 2.12. The van der Waals surface area contributed by atoms with Gasteiger partial charge in [0.1, 0.15) is 0 Å². The molecule has 4 heteroatoms. The van der Waals surface area contributed by atoms with Gasteiger partial charge in [0.15, 0.2) is 0 Å². The molecule has 1 aliphatic rings. The minimum absolute atomic E-state index is 0. The smallest absolute Gasteiger partial charge is 0.0463 e. The molecular weight excluding hydrogens is 231 g/mol. The molecule has 0 amide bonds. The Kier molecular flexibility index (Phi) is 15.1. The largest absolute Gasteiger partial charge is 0.380 e. The molecule has 0 N–H and O–H groups in total. The van der Waals surface area contributed by atoms with E-state index in [1.54, 1.807) is 7.11 Å². The fourth-order valence-corrected chi connectivity index (χ4v) is 0.828. The zero-order chi connectivity index (χ0) is 6.69. The van der Waals surface area contributed by atoms with Crippen LogP contribution in [0, 0.1) is 6.08 Å². The molecule has 1 nitrogen and oxygen atoms in total. The standard InChI is InChI=1S/C8H11O.2ClH.Ti/c1-7(9-2)8-5-3-4-6-8;;;/h3,5,7H,4H2,1-2H3;2*1H;/q-1;;;. The number of ether oxygens (including phenoxy) is 1. The topological polar surface area (TPSA) is 9.23 Å². The molecule has 0 bridgehead atoms. The van der Waals surface area contributed by atoms with Gasteiger partial charge in [-0.15, -0.1) is 31.2 Å². The molecule has 12 heavy (non-hydrogen) atoms. The van der Waals surface area contributed by atoms with Gasteiger partial charge in [0.2, 0.25) is 0 Å². The molecule has 0 radical (unpaired) electrons. The van der Waals surface area contributed by atoms with Crippen LogP contribution in [0.3, 0.4) is 0 Å². The van der Waals surface area contributed by atoms with Crippen molar-refractivity contribution in [3.05, 3.63) is 23.8 Å². The second kappa shape index (κ2) is 9.82. The molecule has 0 fully saturated rings. The van der Waals surface area contributed by atoms with E-state index in [0.717, 1.165) is 6.42 Å². The molecule has 1 unspecified atom stereocenters. The van der Waals surface area contributed by atoms with Crippen LogP contribution in [0.25, 0.3) is 0 Å². The van der Waals surface area contributed by atoms with Crippen molar-refractivity contribution in [2.24, 2.45) is 0 Å². The van der Waals surface area contributed by atoms with E-state index in [1.165, 1.54) is 5.57 Å². The van der Waals surface area contributed by atoms with Crippen molar-refractivity contribution >= 4 is 24.8 Å². The fraction of sp³-hybridized carbons (Fsp3) is 0.500. The number of rotatable bonds is 2. The Labute approximate surface area is 101 Å². The van der Waals surface area contributed by atoms with Gasteiger partial charge in [0.25, 0.3) is 0 Å². The Morgan fingerprint density at radius 2 is 2.08 bits per heavy atom. The summed E-state index contributed by atoms with van der Waals surface area (Å²) in [6.45, 7) is 2.03.